The quantitative estimate of drug-likeness (QED) is 0.0203. The van der Waals surface area contributed by atoms with Gasteiger partial charge >= 0.3 is 17.9 Å². The topological polar surface area (TPSA) is 78.9 Å². The molecule has 0 heterocycles. The molecule has 0 aliphatic carbocycles. The van der Waals surface area contributed by atoms with E-state index in [0.29, 0.717) is 19.3 Å². The Balaban J connectivity index is 4.43. The Morgan fingerprint density at radius 1 is 0.400 bits per heavy atom. The van der Waals surface area contributed by atoms with Crippen LogP contribution in [0.2, 0.25) is 0 Å². The van der Waals surface area contributed by atoms with Gasteiger partial charge in [0.1, 0.15) is 13.2 Å². The van der Waals surface area contributed by atoms with E-state index in [-0.39, 0.29) is 37.5 Å². The summed E-state index contributed by atoms with van der Waals surface area (Å²) in [7, 11) is 0. The highest BCUT2D eigenvalue weighted by molar-refractivity contribution is 5.71. The number of rotatable bonds is 40. The number of carbonyl (C=O) groups excluding carboxylic acids is 3. The molecule has 0 bridgehead atoms. The smallest absolute Gasteiger partial charge is 0.306 e. The van der Waals surface area contributed by atoms with Crippen LogP contribution in [-0.2, 0) is 28.6 Å². The average Bonchev–Trinajstić information content (AvgIpc) is 3.18. The van der Waals surface area contributed by atoms with Crippen LogP contribution in [0.4, 0.5) is 0 Å². The van der Waals surface area contributed by atoms with Crippen LogP contribution in [0.15, 0.2) is 60.8 Å². The van der Waals surface area contributed by atoms with Gasteiger partial charge in [-0.05, 0) is 77.0 Å². The number of unbranched alkanes of at least 4 members (excludes halogenated alkanes) is 20. The van der Waals surface area contributed by atoms with E-state index in [1.54, 1.807) is 0 Å². The van der Waals surface area contributed by atoms with Crippen LogP contribution in [0.1, 0.15) is 213 Å². The predicted octanol–water partition coefficient (Wildman–Crippen LogP) is 14.5. The van der Waals surface area contributed by atoms with Crippen molar-refractivity contribution >= 4 is 17.9 Å². The fraction of sp³-hybridized carbons (Fsp3) is 0.735. The zero-order valence-electron chi connectivity index (χ0n) is 35.9. The van der Waals surface area contributed by atoms with Crippen LogP contribution in [-0.4, -0.2) is 37.2 Å². The maximum absolute atomic E-state index is 12.7. The zero-order valence-corrected chi connectivity index (χ0v) is 35.9. The second-order valence-electron chi connectivity index (χ2n) is 15.0. The van der Waals surface area contributed by atoms with Crippen LogP contribution < -0.4 is 0 Å². The van der Waals surface area contributed by atoms with Crippen molar-refractivity contribution in [2.45, 2.75) is 219 Å². The lowest BCUT2D eigenvalue weighted by molar-refractivity contribution is -0.167. The van der Waals surface area contributed by atoms with E-state index in [1.807, 2.05) is 0 Å². The summed E-state index contributed by atoms with van der Waals surface area (Å²) in [5.74, 6) is -0.949. The fourth-order valence-corrected chi connectivity index (χ4v) is 6.09. The highest BCUT2D eigenvalue weighted by Crippen LogP contribution is 2.13. The molecule has 0 aliphatic heterocycles. The number of hydrogen-bond acceptors (Lipinski definition) is 6. The summed E-state index contributed by atoms with van der Waals surface area (Å²) in [6.07, 6.45) is 52.0. The minimum absolute atomic E-state index is 0.0927. The number of ether oxygens (including phenoxy) is 3. The van der Waals surface area contributed by atoms with E-state index in [2.05, 4.69) is 81.5 Å². The van der Waals surface area contributed by atoms with Gasteiger partial charge in [-0.1, -0.05) is 178 Å². The molecule has 0 rings (SSSR count). The Morgan fingerprint density at radius 2 is 0.764 bits per heavy atom. The van der Waals surface area contributed by atoms with Gasteiger partial charge in [0, 0.05) is 19.3 Å². The molecule has 0 aromatic rings. The highest BCUT2D eigenvalue weighted by atomic mass is 16.6. The predicted molar refractivity (Wildman–Crippen MR) is 233 cm³/mol. The third kappa shape index (κ3) is 42.1. The summed E-state index contributed by atoms with van der Waals surface area (Å²) >= 11 is 0. The largest absolute Gasteiger partial charge is 0.462 e. The molecular weight excluding hydrogens is 685 g/mol. The van der Waals surface area contributed by atoms with Gasteiger partial charge in [-0.2, -0.15) is 0 Å². The molecule has 0 spiro atoms. The SMILES string of the molecule is CC/C=C\C/C=C\C/C=C\CCCCC(=O)OC(COC(=O)CCCCCCCC/C=C\C=C/CCCCC)COC(=O)CCCCCCCCCCCC. The van der Waals surface area contributed by atoms with Crippen LogP contribution in [0.3, 0.4) is 0 Å². The van der Waals surface area contributed by atoms with Gasteiger partial charge in [0.15, 0.2) is 6.10 Å². The van der Waals surface area contributed by atoms with Gasteiger partial charge in [-0.15, -0.1) is 0 Å². The summed E-state index contributed by atoms with van der Waals surface area (Å²) in [6.45, 7) is 6.42. The van der Waals surface area contributed by atoms with Gasteiger partial charge in [-0.3, -0.25) is 14.4 Å². The zero-order chi connectivity index (χ0) is 40.1. The number of carbonyl (C=O) groups is 3. The van der Waals surface area contributed by atoms with Crippen molar-refractivity contribution in [3.05, 3.63) is 60.8 Å². The number of esters is 3. The van der Waals surface area contributed by atoms with Crippen molar-refractivity contribution < 1.29 is 28.6 Å². The van der Waals surface area contributed by atoms with E-state index in [1.165, 1.54) is 89.9 Å². The molecular formula is C49H84O6. The molecule has 55 heavy (non-hydrogen) atoms. The molecule has 1 unspecified atom stereocenters. The summed E-state index contributed by atoms with van der Waals surface area (Å²) < 4.78 is 16.6. The molecule has 316 valence electrons. The molecule has 0 saturated carbocycles. The molecule has 0 saturated heterocycles. The van der Waals surface area contributed by atoms with Crippen LogP contribution in [0.5, 0.6) is 0 Å². The minimum Gasteiger partial charge on any atom is -0.462 e. The lowest BCUT2D eigenvalue weighted by Crippen LogP contribution is -2.30. The normalized spacial score (nSPS) is 12.6. The van der Waals surface area contributed by atoms with Gasteiger partial charge in [-0.25, -0.2) is 0 Å². The third-order valence-electron chi connectivity index (χ3n) is 9.53. The Morgan fingerprint density at radius 3 is 1.29 bits per heavy atom. The van der Waals surface area contributed by atoms with E-state index < -0.39 is 6.10 Å². The second kappa shape index (κ2) is 43.8. The molecule has 0 radical (unpaired) electrons. The molecule has 0 aromatic carbocycles. The molecule has 1 atom stereocenters. The maximum atomic E-state index is 12.7. The summed E-state index contributed by atoms with van der Waals surface area (Å²) in [5.41, 5.74) is 0. The summed E-state index contributed by atoms with van der Waals surface area (Å²) in [5, 5.41) is 0. The van der Waals surface area contributed by atoms with Gasteiger partial charge < -0.3 is 14.2 Å². The highest BCUT2D eigenvalue weighted by Gasteiger charge is 2.19. The van der Waals surface area contributed by atoms with Gasteiger partial charge in [0.25, 0.3) is 0 Å². The van der Waals surface area contributed by atoms with Gasteiger partial charge in [0.2, 0.25) is 0 Å². The first kappa shape index (κ1) is 52.1. The van der Waals surface area contributed by atoms with Gasteiger partial charge in [0.05, 0.1) is 0 Å². The van der Waals surface area contributed by atoms with E-state index in [0.717, 1.165) is 77.0 Å². The average molecular weight is 769 g/mol. The van der Waals surface area contributed by atoms with Crippen molar-refractivity contribution in [3.63, 3.8) is 0 Å². The first-order valence-corrected chi connectivity index (χ1v) is 22.8. The lowest BCUT2D eigenvalue weighted by Gasteiger charge is -2.18. The molecule has 0 amide bonds. The monoisotopic (exact) mass is 769 g/mol. The Bertz CT molecular complexity index is 1020. The molecule has 0 aliphatic rings. The van der Waals surface area contributed by atoms with Crippen molar-refractivity contribution in [3.8, 4) is 0 Å². The van der Waals surface area contributed by atoms with Crippen molar-refractivity contribution in [1.29, 1.82) is 0 Å². The number of allylic oxidation sites excluding steroid dienone is 10. The molecule has 6 nitrogen and oxygen atoms in total. The molecule has 0 aromatic heterocycles. The summed E-state index contributed by atoms with van der Waals surface area (Å²) in [6, 6.07) is 0. The lowest BCUT2D eigenvalue weighted by atomic mass is 10.1. The van der Waals surface area contributed by atoms with Crippen LogP contribution in [0, 0.1) is 0 Å². The number of hydrogen-bond donors (Lipinski definition) is 0. The Labute approximate surface area is 339 Å². The molecule has 0 N–H and O–H groups in total. The van der Waals surface area contributed by atoms with Crippen molar-refractivity contribution in [1.82, 2.24) is 0 Å². The van der Waals surface area contributed by atoms with Crippen molar-refractivity contribution in [2.24, 2.45) is 0 Å². The van der Waals surface area contributed by atoms with Crippen LogP contribution in [0.25, 0.3) is 0 Å². The van der Waals surface area contributed by atoms with E-state index in [4.69, 9.17) is 14.2 Å². The third-order valence-corrected chi connectivity index (χ3v) is 9.53. The van der Waals surface area contributed by atoms with E-state index >= 15 is 0 Å². The Hall–Kier alpha value is -2.89. The van der Waals surface area contributed by atoms with E-state index in [9.17, 15) is 14.4 Å². The second-order valence-corrected chi connectivity index (χ2v) is 15.0. The standard InChI is InChI=1S/C49H84O6/c1-4-7-10-13-16-19-22-24-25-26-28-30-33-36-39-42-48(51)54-45-46(44-53-47(50)41-38-35-32-29-21-18-15-12-9-6-3)55-49(52)43-40-37-34-31-27-23-20-17-14-11-8-5-2/h8,11,16-17,19-20,22,24,27,31,46H,4-7,9-10,12-15,18,21,23,25-26,28-30,32-45H2,1-3H3/b11-8-,19-16-,20-17-,24-22-,31-27-. The van der Waals surface area contributed by atoms with Crippen molar-refractivity contribution in [2.75, 3.05) is 13.2 Å². The molecule has 6 heteroatoms. The first-order valence-electron chi connectivity index (χ1n) is 22.8. The Kier molecular flexibility index (Phi) is 41.5. The minimum atomic E-state index is -0.794. The fourth-order valence-electron chi connectivity index (χ4n) is 6.09. The summed E-state index contributed by atoms with van der Waals surface area (Å²) in [4.78, 5) is 37.7. The maximum Gasteiger partial charge on any atom is 0.306 e. The molecule has 0 fully saturated rings. The first-order chi connectivity index (χ1) is 27.0. The van der Waals surface area contributed by atoms with Crippen LogP contribution >= 0.6 is 0 Å².